The van der Waals surface area contributed by atoms with Crippen LogP contribution in [0.3, 0.4) is 0 Å². The van der Waals surface area contributed by atoms with Crippen molar-refractivity contribution in [3.8, 4) is 0 Å². The summed E-state index contributed by atoms with van der Waals surface area (Å²) < 4.78 is 10.6. The van der Waals surface area contributed by atoms with Crippen LogP contribution in [-0.2, 0) is 20.8 Å². The molecule has 2 saturated heterocycles. The average molecular weight is 375 g/mol. The molecule has 1 unspecified atom stereocenters. The van der Waals surface area contributed by atoms with Gasteiger partial charge in [0.25, 0.3) is 5.91 Å². The molecule has 0 aromatic heterocycles. The van der Waals surface area contributed by atoms with Crippen molar-refractivity contribution < 1.29 is 19.1 Å². The number of carbonyl (C=O) groups excluding carboxylic acids is 2. The van der Waals surface area contributed by atoms with E-state index in [0.29, 0.717) is 50.8 Å². The summed E-state index contributed by atoms with van der Waals surface area (Å²) in [6.45, 7) is 4.23. The Hall–Kier alpha value is -1.96. The SMILES string of the molecule is NC(CC(=O)NCc1cccc(C(=O)N2CCOCC2)c1)C1CCOCC1. The van der Waals surface area contributed by atoms with E-state index in [1.165, 1.54) is 0 Å². The van der Waals surface area contributed by atoms with Crippen molar-refractivity contribution in [2.24, 2.45) is 11.7 Å². The number of amides is 2. The third-order valence-corrected chi connectivity index (χ3v) is 5.25. The van der Waals surface area contributed by atoms with Gasteiger partial charge in [0.05, 0.1) is 13.2 Å². The van der Waals surface area contributed by atoms with E-state index in [1.807, 2.05) is 24.3 Å². The highest BCUT2D eigenvalue weighted by Crippen LogP contribution is 2.19. The Morgan fingerprint density at radius 1 is 1.15 bits per heavy atom. The number of carbonyl (C=O) groups is 2. The Morgan fingerprint density at radius 2 is 1.85 bits per heavy atom. The van der Waals surface area contributed by atoms with E-state index < -0.39 is 0 Å². The van der Waals surface area contributed by atoms with Crippen molar-refractivity contribution in [1.82, 2.24) is 10.2 Å². The summed E-state index contributed by atoms with van der Waals surface area (Å²) in [4.78, 5) is 26.6. The second-order valence-electron chi connectivity index (χ2n) is 7.20. The summed E-state index contributed by atoms with van der Waals surface area (Å²) in [7, 11) is 0. The van der Waals surface area contributed by atoms with Crippen LogP contribution in [0.1, 0.15) is 35.2 Å². The van der Waals surface area contributed by atoms with Crippen LogP contribution in [0.25, 0.3) is 0 Å². The van der Waals surface area contributed by atoms with Gasteiger partial charge in [0.2, 0.25) is 5.91 Å². The number of rotatable bonds is 6. The molecule has 148 valence electrons. The molecule has 1 aromatic rings. The van der Waals surface area contributed by atoms with Gasteiger partial charge in [-0.15, -0.1) is 0 Å². The summed E-state index contributed by atoms with van der Waals surface area (Å²) >= 11 is 0. The first-order valence-corrected chi connectivity index (χ1v) is 9.69. The number of morpholine rings is 1. The van der Waals surface area contributed by atoms with Gasteiger partial charge in [-0.1, -0.05) is 12.1 Å². The summed E-state index contributed by atoms with van der Waals surface area (Å²) in [6.07, 6.45) is 2.15. The summed E-state index contributed by atoms with van der Waals surface area (Å²) in [5.41, 5.74) is 7.73. The van der Waals surface area contributed by atoms with Crippen LogP contribution < -0.4 is 11.1 Å². The maximum Gasteiger partial charge on any atom is 0.254 e. The lowest BCUT2D eigenvalue weighted by molar-refractivity contribution is -0.122. The van der Waals surface area contributed by atoms with Gasteiger partial charge in [-0.2, -0.15) is 0 Å². The number of hydrogen-bond donors (Lipinski definition) is 2. The van der Waals surface area contributed by atoms with Crippen LogP contribution in [0.4, 0.5) is 0 Å². The third-order valence-electron chi connectivity index (χ3n) is 5.25. The zero-order valence-corrected chi connectivity index (χ0v) is 15.7. The van der Waals surface area contributed by atoms with Gasteiger partial charge in [0, 0.05) is 50.9 Å². The van der Waals surface area contributed by atoms with Gasteiger partial charge in [-0.25, -0.2) is 0 Å². The predicted molar refractivity (Wildman–Crippen MR) is 101 cm³/mol. The molecule has 2 aliphatic rings. The minimum atomic E-state index is -0.136. The maximum atomic E-state index is 12.6. The number of benzene rings is 1. The van der Waals surface area contributed by atoms with E-state index in [0.717, 1.165) is 31.6 Å². The Bertz CT molecular complexity index is 640. The number of nitrogens with one attached hydrogen (secondary N) is 1. The van der Waals surface area contributed by atoms with Gasteiger partial charge in [0.1, 0.15) is 0 Å². The third kappa shape index (κ3) is 5.76. The normalized spacial score (nSPS) is 19.5. The first kappa shape index (κ1) is 19.8. The van der Waals surface area contributed by atoms with Gasteiger partial charge in [0.15, 0.2) is 0 Å². The molecule has 7 nitrogen and oxygen atoms in total. The lowest BCUT2D eigenvalue weighted by atomic mass is 9.90. The largest absolute Gasteiger partial charge is 0.381 e. The Labute approximate surface area is 160 Å². The summed E-state index contributed by atoms with van der Waals surface area (Å²) in [5.74, 6) is 0.297. The number of nitrogens with two attached hydrogens (primary N) is 1. The maximum absolute atomic E-state index is 12.6. The van der Waals surface area contributed by atoms with Crippen LogP contribution in [0.5, 0.6) is 0 Å². The second kappa shape index (κ2) is 9.82. The van der Waals surface area contributed by atoms with Gasteiger partial charge >= 0.3 is 0 Å². The minimum Gasteiger partial charge on any atom is -0.381 e. The fourth-order valence-electron chi connectivity index (χ4n) is 3.56. The van der Waals surface area contributed by atoms with Gasteiger partial charge < -0.3 is 25.4 Å². The Kier molecular flexibility index (Phi) is 7.20. The number of hydrogen-bond acceptors (Lipinski definition) is 5. The number of nitrogens with zero attached hydrogens (tertiary/aromatic N) is 1. The second-order valence-corrected chi connectivity index (χ2v) is 7.20. The van der Waals surface area contributed by atoms with Crippen molar-refractivity contribution in [2.45, 2.75) is 31.8 Å². The molecule has 2 fully saturated rings. The molecule has 27 heavy (non-hydrogen) atoms. The molecule has 1 aromatic carbocycles. The van der Waals surface area contributed by atoms with Crippen molar-refractivity contribution in [3.63, 3.8) is 0 Å². The molecule has 2 heterocycles. The van der Waals surface area contributed by atoms with Crippen LogP contribution in [0, 0.1) is 5.92 Å². The average Bonchev–Trinajstić information content (AvgIpc) is 2.73. The quantitative estimate of drug-likeness (QED) is 0.771. The lowest BCUT2D eigenvalue weighted by Gasteiger charge is -2.27. The molecule has 2 aliphatic heterocycles. The predicted octanol–water partition coefficient (Wildman–Crippen LogP) is 0.919. The zero-order chi connectivity index (χ0) is 19.1. The van der Waals surface area contributed by atoms with Crippen molar-refractivity contribution in [3.05, 3.63) is 35.4 Å². The monoisotopic (exact) mass is 375 g/mol. The molecule has 0 spiro atoms. The van der Waals surface area contributed by atoms with E-state index in [9.17, 15) is 9.59 Å². The van der Waals surface area contributed by atoms with Crippen LogP contribution >= 0.6 is 0 Å². The van der Waals surface area contributed by atoms with E-state index in [-0.39, 0.29) is 17.9 Å². The van der Waals surface area contributed by atoms with Crippen molar-refractivity contribution in [2.75, 3.05) is 39.5 Å². The molecule has 3 rings (SSSR count). The Morgan fingerprint density at radius 3 is 2.59 bits per heavy atom. The van der Waals surface area contributed by atoms with Gasteiger partial charge in [-0.3, -0.25) is 9.59 Å². The first-order valence-electron chi connectivity index (χ1n) is 9.69. The molecule has 3 N–H and O–H groups in total. The van der Waals surface area contributed by atoms with Crippen LogP contribution in [-0.4, -0.2) is 62.3 Å². The van der Waals surface area contributed by atoms with Gasteiger partial charge in [-0.05, 0) is 36.5 Å². The molecule has 0 aliphatic carbocycles. The highest BCUT2D eigenvalue weighted by Gasteiger charge is 2.23. The lowest BCUT2D eigenvalue weighted by Crippen LogP contribution is -2.40. The standard InChI is InChI=1S/C20H29N3O4/c21-18(16-4-8-26-9-5-16)13-19(24)22-14-15-2-1-3-17(12-15)20(25)23-6-10-27-11-7-23/h1-3,12,16,18H,4-11,13-14,21H2,(H,22,24). The molecule has 2 amide bonds. The highest BCUT2D eigenvalue weighted by molar-refractivity contribution is 5.94. The van der Waals surface area contributed by atoms with E-state index in [2.05, 4.69) is 5.32 Å². The molecular weight excluding hydrogens is 346 g/mol. The van der Waals surface area contributed by atoms with E-state index in [4.69, 9.17) is 15.2 Å². The Balaban J connectivity index is 1.48. The fraction of sp³-hybridized carbons (Fsp3) is 0.600. The topological polar surface area (TPSA) is 93.9 Å². The molecule has 7 heteroatoms. The van der Waals surface area contributed by atoms with Crippen molar-refractivity contribution in [1.29, 1.82) is 0 Å². The molecule has 0 bridgehead atoms. The van der Waals surface area contributed by atoms with E-state index >= 15 is 0 Å². The van der Waals surface area contributed by atoms with Crippen molar-refractivity contribution >= 4 is 11.8 Å². The fourth-order valence-corrected chi connectivity index (χ4v) is 3.56. The molecule has 1 atom stereocenters. The smallest absolute Gasteiger partial charge is 0.254 e. The number of ether oxygens (including phenoxy) is 2. The zero-order valence-electron chi connectivity index (χ0n) is 15.7. The van der Waals surface area contributed by atoms with E-state index in [1.54, 1.807) is 4.90 Å². The minimum absolute atomic E-state index is 0.00742. The molecular formula is C20H29N3O4. The molecule has 0 radical (unpaired) electrons. The summed E-state index contributed by atoms with van der Waals surface area (Å²) in [5, 5.41) is 2.92. The molecule has 0 saturated carbocycles. The summed E-state index contributed by atoms with van der Waals surface area (Å²) in [6, 6.07) is 7.28. The van der Waals surface area contributed by atoms with Crippen LogP contribution in [0.15, 0.2) is 24.3 Å². The first-order chi connectivity index (χ1) is 13.1. The van der Waals surface area contributed by atoms with Crippen LogP contribution in [0.2, 0.25) is 0 Å². The highest BCUT2D eigenvalue weighted by atomic mass is 16.5.